The van der Waals surface area contributed by atoms with Gasteiger partial charge in [-0.3, -0.25) is 9.36 Å². The fraction of sp³-hybridized carbons (Fsp3) is 0.182. The Hall–Kier alpha value is -4.96. The maximum atomic E-state index is 12.9. The second-order valence-corrected chi connectivity index (χ2v) is 10.7. The number of methoxy groups -OCH3 is 2. The van der Waals surface area contributed by atoms with Crippen LogP contribution >= 0.6 is 11.8 Å². The Labute approximate surface area is 255 Å². The molecule has 1 aromatic heterocycles. The highest BCUT2D eigenvalue weighted by molar-refractivity contribution is 7.99. The second kappa shape index (κ2) is 13.8. The van der Waals surface area contributed by atoms with Crippen molar-refractivity contribution in [1.82, 2.24) is 14.8 Å². The lowest BCUT2D eigenvalue weighted by Gasteiger charge is -2.14. The molecule has 0 spiro atoms. The molecule has 0 aliphatic carbocycles. The Morgan fingerprint density at radius 3 is 2.21 bits per heavy atom. The molecule has 220 valence electrons. The largest absolute Gasteiger partial charge is 0.493 e. The molecule has 43 heavy (non-hydrogen) atoms. The molecule has 0 bridgehead atoms. The summed E-state index contributed by atoms with van der Waals surface area (Å²) in [5, 5.41) is 12.5. The summed E-state index contributed by atoms with van der Waals surface area (Å²) < 4.78 is 18.8. The van der Waals surface area contributed by atoms with Gasteiger partial charge < -0.3 is 24.4 Å². The summed E-state index contributed by atoms with van der Waals surface area (Å²) in [4.78, 5) is 14.9. The van der Waals surface area contributed by atoms with Gasteiger partial charge in [-0.25, -0.2) is 0 Å². The van der Waals surface area contributed by atoms with Crippen LogP contribution in [0.2, 0.25) is 0 Å². The minimum atomic E-state index is -0.134. The molecule has 0 fully saturated rings. The first kappa shape index (κ1) is 29.5. The van der Waals surface area contributed by atoms with Gasteiger partial charge in [0.2, 0.25) is 5.91 Å². The lowest BCUT2D eigenvalue weighted by Crippen LogP contribution is -2.15. The minimum Gasteiger partial charge on any atom is -0.493 e. The molecule has 0 radical (unpaired) electrons. The monoisotopic (exact) mass is 595 g/mol. The quantitative estimate of drug-likeness (QED) is 0.164. The number of benzene rings is 4. The van der Waals surface area contributed by atoms with E-state index in [0.717, 1.165) is 28.4 Å². The molecule has 9 nitrogen and oxygen atoms in total. The normalized spacial score (nSPS) is 10.7. The van der Waals surface area contributed by atoms with Gasteiger partial charge in [-0.15, -0.1) is 10.2 Å². The third-order valence-corrected chi connectivity index (χ3v) is 7.51. The third kappa shape index (κ3) is 7.47. The van der Waals surface area contributed by atoms with Gasteiger partial charge in [0.25, 0.3) is 0 Å². The van der Waals surface area contributed by atoms with Gasteiger partial charge in [0.05, 0.1) is 20.0 Å². The van der Waals surface area contributed by atoms with Gasteiger partial charge in [-0.2, -0.15) is 0 Å². The lowest BCUT2D eigenvalue weighted by molar-refractivity contribution is -0.113. The maximum Gasteiger partial charge on any atom is 0.234 e. The van der Waals surface area contributed by atoms with Crippen molar-refractivity contribution in [1.29, 1.82) is 0 Å². The van der Waals surface area contributed by atoms with Crippen LogP contribution in [-0.2, 0) is 11.2 Å². The lowest BCUT2D eigenvalue weighted by atomic mass is 10.1. The molecule has 5 rings (SSSR count). The maximum absolute atomic E-state index is 12.9. The number of hydrogen-bond acceptors (Lipinski definition) is 8. The average Bonchev–Trinajstić information content (AvgIpc) is 3.43. The SMILES string of the molecule is COc1ccc(Cc2nnc(SCC(=O)Nc3ccc(N(C)C)cc3)n2-c2ccc(Oc3ccccc3)cc2)cc1OC. The number of carbonyl (C=O) groups is 1. The highest BCUT2D eigenvalue weighted by Crippen LogP contribution is 2.30. The van der Waals surface area contributed by atoms with Gasteiger partial charge in [-0.1, -0.05) is 36.0 Å². The standard InChI is InChI=1S/C33H33N5O4S/c1-37(2)25-13-11-24(12-14-25)34-32(39)22-43-33-36-35-31(21-23-10-19-29(40-3)30(20-23)41-4)38(33)26-15-17-28(18-16-26)42-27-8-6-5-7-9-27/h5-20H,21-22H2,1-4H3,(H,34,39). The summed E-state index contributed by atoms with van der Waals surface area (Å²) in [7, 11) is 7.17. The first-order valence-corrected chi connectivity index (χ1v) is 14.6. The number of thioether (sulfide) groups is 1. The molecular weight excluding hydrogens is 562 g/mol. The summed E-state index contributed by atoms with van der Waals surface area (Å²) in [6, 6.07) is 30.8. The molecule has 0 atom stereocenters. The van der Waals surface area contributed by atoms with Crippen LogP contribution in [0.25, 0.3) is 5.69 Å². The predicted octanol–water partition coefficient (Wildman–Crippen LogP) is 6.46. The Balaban J connectivity index is 1.37. The number of nitrogens with zero attached hydrogens (tertiary/aromatic N) is 4. The van der Waals surface area contributed by atoms with Crippen molar-refractivity contribution in [2.75, 3.05) is 44.3 Å². The number of nitrogens with one attached hydrogen (secondary N) is 1. The molecule has 1 N–H and O–H groups in total. The first-order chi connectivity index (χ1) is 20.9. The van der Waals surface area contributed by atoms with Crippen molar-refractivity contribution >= 4 is 29.0 Å². The zero-order valence-electron chi connectivity index (χ0n) is 24.5. The van der Waals surface area contributed by atoms with Crippen molar-refractivity contribution < 1.29 is 19.0 Å². The van der Waals surface area contributed by atoms with E-state index < -0.39 is 0 Å². The summed E-state index contributed by atoms with van der Waals surface area (Å²) in [5.41, 5.74) is 3.62. The van der Waals surface area contributed by atoms with Crippen LogP contribution in [0.3, 0.4) is 0 Å². The van der Waals surface area contributed by atoms with Crippen molar-refractivity contribution in [2.45, 2.75) is 11.6 Å². The zero-order valence-corrected chi connectivity index (χ0v) is 25.3. The minimum absolute atomic E-state index is 0.134. The van der Waals surface area contributed by atoms with Gasteiger partial charge in [-0.05, 0) is 78.4 Å². The van der Waals surface area contributed by atoms with Gasteiger partial charge in [0, 0.05) is 37.6 Å². The van der Waals surface area contributed by atoms with Gasteiger partial charge in [0.1, 0.15) is 17.3 Å². The topological polar surface area (TPSA) is 90.7 Å². The fourth-order valence-corrected chi connectivity index (χ4v) is 5.17. The van der Waals surface area contributed by atoms with Crippen molar-refractivity contribution in [2.24, 2.45) is 0 Å². The molecule has 4 aromatic carbocycles. The van der Waals surface area contributed by atoms with Crippen LogP contribution in [0, 0.1) is 0 Å². The zero-order chi connectivity index (χ0) is 30.2. The van der Waals surface area contributed by atoms with E-state index in [-0.39, 0.29) is 11.7 Å². The number of ether oxygens (including phenoxy) is 3. The third-order valence-electron chi connectivity index (χ3n) is 6.58. The molecule has 0 aliphatic heterocycles. The molecular formula is C33H33N5O4S. The molecule has 0 aliphatic rings. The van der Waals surface area contributed by atoms with Gasteiger partial charge in [0.15, 0.2) is 16.7 Å². The highest BCUT2D eigenvalue weighted by Gasteiger charge is 2.18. The molecule has 5 aromatic rings. The van der Waals surface area contributed by atoms with Crippen molar-refractivity contribution in [3.8, 4) is 28.7 Å². The molecule has 10 heteroatoms. The Kier molecular flexibility index (Phi) is 9.48. The van der Waals surface area contributed by atoms with E-state index in [9.17, 15) is 4.79 Å². The first-order valence-electron chi connectivity index (χ1n) is 13.6. The molecule has 0 saturated heterocycles. The molecule has 0 saturated carbocycles. The number of hydrogen-bond donors (Lipinski definition) is 1. The number of anilines is 2. The number of para-hydroxylation sites is 1. The Bertz CT molecular complexity index is 1660. The van der Waals surface area contributed by atoms with Crippen molar-refractivity contribution in [3.63, 3.8) is 0 Å². The highest BCUT2D eigenvalue weighted by atomic mass is 32.2. The molecule has 1 heterocycles. The van der Waals surface area contributed by atoms with Crippen LogP contribution in [0.4, 0.5) is 11.4 Å². The summed E-state index contributed by atoms with van der Waals surface area (Å²) >= 11 is 1.32. The molecule has 0 unspecified atom stereocenters. The van der Waals surface area contributed by atoms with E-state index >= 15 is 0 Å². The summed E-state index contributed by atoms with van der Waals surface area (Å²) in [6.07, 6.45) is 0.487. The van der Waals surface area contributed by atoms with Crippen LogP contribution in [0.15, 0.2) is 102 Å². The van der Waals surface area contributed by atoms with Gasteiger partial charge >= 0.3 is 0 Å². The second-order valence-electron chi connectivity index (χ2n) is 9.79. The Morgan fingerprint density at radius 2 is 1.53 bits per heavy atom. The summed E-state index contributed by atoms with van der Waals surface area (Å²) in [6.45, 7) is 0. The van der Waals surface area contributed by atoms with Crippen LogP contribution in [0.1, 0.15) is 11.4 Å². The number of amides is 1. The average molecular weight is 596 g/mol. The van der Waals surface area contributed by atoms with Crippen LogP contribution in [-0.4, -0.2) is 54.7 Å². The van der Waals surface area contributed by atoms with Crippen LogP contribution in [0.5, 0.6) is 23.0 Å². The van der Waals surface area contributed by atoms with E-state index in [0.29, 0.717) is 34.7 Å². The van der Waals surface area contributed by atoms with Crippen molar-refractivity contribution in [3.05, 3.63) is 108 Å². The predicted molar refractivity (Wildman–Crippen MR) is 170 cm³/mol. The molecule has 1 amide bonds. The van der Waals surface area contributed by atoms with E-state index in [1.807, 2.05) is 121 Å². The Morgan fingerprint density at radius 1 is 0.837 bits per heavy atom. The number of carbonyl (C=O) groups excluding carboxylic acids is 1. The summed E-state index contributed by atoms with van der Waals surface area (Å²) in [5.74, 6) is 3.50. The van der Waals surface area contributed by atoms with E-state index in [1.54, 1.807) is 14.2 Å². The van der Waals surface area contributed by atoms with E-state index in [1.165, 1.54) is 11.8 Å². The number of aromatic nitrogens is 3. The van der Waals surface area contributed by atoms with E-state index in [4.69, 9.17) is 14.2 Å². The smallest absolute Gasteiger partial charge is 0.234 e. The fourth-order valence-electron chi connectivity index (χ4n) is 4.40. The number of rotatable bonds is 12. The van der Waals surface area contributed by atoms with Crippen LogP contribution < -0.4 is 24.4 Å². The van der Waals surface area contributed by atoms with E-state index in [2.05, 4.69) is 15.5 Å².